The predicted octanol–water partition coefficient (Wildman–Crippen LogP) is 2.70. The lowest BCUT2D eigenvalue weighted by Gasteiger charge is -2.30. The van der Waals surface area contributed by atoms with Crippen LogP contribution in [0.1, 0.15) is 41.8 Å². The van der Waals surface area contributed by atoms with Gasteiger partial charge in [-0.1, -0.05) is 41.1 Å². The number of benzene rings is 1. The molecule has 2 fully saturated rings. The van der Waals surface area contributed by atoms with Gasteiger partial charge in [0.1, 0.15) is 5.69 Å². The standard InChI is InChI=1S/C26H36N4O5S/c1-20-4-6-22(7-5-20)8-9-24-25(21(2)28-35-24)36(32,33)30-14-10-23(11-15-30)26(31)27-12-3-13-29-16-18-34-19-17-29/h4-9,23H,3,10-19H2,1-2H3,(H,27,31). The number of aromatic nitrogens is 1. The zero-order valence-corrected chi connectivity index (χ0v) is 21.9. The average molecular weight is 517 g/mol. The topological polar surface area (TPSA) is 105 Å². The SMILES string of the molecule is Cc1ccc(C=Cc2onc(C)c2S(=O)(=O)N2CCC(C(=O)NCCCN3CCOCC3)CC2)cc1. The van der Waals surface area contributed by atoms with Crippen LogP contribution in [-0.4, -0.2) is 81.2 Å². The molecule has 1 amide bonds. The summed E-state index contributed by atoms with van der Waals surface area (Å²) in [6, 6.07) is 7.91. The Morgan fingerprint density at radius 2 is 1.78 bits per heavy atom. The van der Waals surface area contributed by atoms with Crippen molar-refractivity contribution in [3.05, 3.63) is 46.8 Å². The molecule has 0 aliphatic carbocycles. The molecule has 10 heteroatoms. The van der Waals surface area contributed by atoms with E-state index in [4.69, 9.17) is 9.26 Å². The summed E-state index contributed by atoms with van der Waals surface area (Å²) in [5.41, 5.74) is 2.42. The number of amides is 1. The van der Waals surface area contributed by atoms with Gasteiger partial charge in [-0.25, -0.2) is 8.42 Å². The molecule has 0 atom stereocenters. The van der Waals surface area contributed by atoms with Crippen molar-refractivity contribution in [1.29, 1.82) is 0 Å². The first-order valence-electron chi connectivity index (χ1n) is 12.6. The monoisotopic (exact) mass is 516 g/mol. The molecule has 1 aromatic heterocycles. The molecule has 1 N–H and O–H groups in total. The minimum Gasteiger partial charge on any atom is -0.379 e. The molecule has 0 bridgehead atoms. The summed E-state index contributed by atoms with van der Waals surface area (Å²) < 4.78 is 39.1. The van der Waals surface area contributed by atoms with Crippen LogP contribution in [-0.2, 0) is 19.6 Å². The number of hydrogen-bond acceptors (Lipinski definition) is 7. The number of carbonyl (C=O) groups excluding carboxylic acids is 1. The second kappa shape index (κ2) is 12.1. The van der Waals surface area contributed by atoms with Gasteiger partial charge in [-0.2, -0.15) is 4.31 Å². The van der Waals surface area contributed by atoms with Crippen molar-refractivity contribution in [3.63, 3.8) is 0 Å². The number of aryl methyl sites for hydroxylation is 2. The van der Waals surface area contributed by atoms with E-state index < -0.39 is 10.0 Å². The van der Waals surface area contributed by atoms with Crippen molar-refractivity contribution in [2.24, 2.45) is 5.92 Å². The van der Waals surface area contributed by atoms with Gasteiger partial charge in [-0.15, -0.1) is 0 Å². The van der Waals surface area contributed by atoms with Crippen LogP contribution >= 0.6 is 0 Å². The number of piperidine rings is 1. The summed E-state index contributed by atoms with van der Waals surface area (Å²) in [6.07, 6.45) is 5.34. The lowest BCUT2D eigenvalue weighted by molar-refractivity contribution is -0.126. The minimum atomic E-state index is -3.80. The summed E-state index contributed by atoms with van der Waals surface area (Å²) in [5, 5.41) is 6.94. The first-order valence-corrected chi connectivity index (χ1v) is 14.1. The maximum atomic E-state index is 13.5. The fraction of sp³-hybridized carbons (Fsp3) is 0.538. The maximum absolute atomic E-state index is 13.5. The third-order valence-electron chi connectivity index (χ3n) is 6.81. The molecular weight excluding hydrogens is 480 g/mol. The number of nitrogens with one attached hydrogen (secondary N) is 1. The number of sulfonamides is 1. The fourth-order valence-corrected chi connectivity index (χ4v) is 6.34. The number of ether oxygens (including phenoxy) is 1. The van der Waals surface area contributed by atoms with E-state index in [1.165, 1.54) is 4.31 Å². The highest BCUT2D eigenvalue weighted by Gasteiger charge is 2.35. The van der Waals surface area contributed by atoms with E-state index in [-0.39, 0.29) is 22.5 Å². The Labute approximate surface area is 213 Å². The van der Waals surface area contributed by atoms with Crippen molar-refractivity contribution in [2.45, 2.75) is 38.0 Å². The molecule has 4 rings (SSSR count). The quantitative estimate of drug-likeness (QED) is 0.511. The second-order valence-corrected chi connectivity index (χ2v) is 11.4. The summed E-state index contributed by atoms with van der Waals surface area (Å²) in [6.45, 7) is 9.23. The molecule has 2 saturated heterocycles. The molecule has 0 unspecified atom stereocenters. The molecule has 0 saturated carbocycles. The smallest absolute Gasteiger partial charge is 0.248 e. The Morgan fingerprint density at radius 1 is 1.08 bits per heavy atom. The Hall–Kier alpha value is -2.53. The molecule has 2 aromatic rings. The van der Waals surface area contributed by atoms with E-state index >= 15 is 0 Å². The van der Waals surface area contributed by atoms with Gasteiger partial charge in [-0.05, 0) is 51.3 Å². The first kappa shape index (κ1) is 26.5. The van der Waals surface area contributed by atoms with Crippen LogP contribution in [0.5, 0.6) is 0 Å². The molecule has 9 nitrogen and oxygen atoms in total. The van der Waals surface area contributed by atoms with Crippen LogP contribution in [0.2, 0.25) is 0 Å². The Morgan fingerprint density at radius 3 is 2.47 bits per heavy atom. The van der Waals surface area contributed by atoms with E-state index in [9.17, 15) is 13.2 Å². The van der Waals surface area contributed by atoms with Crippen LogP contribution in [0.15, 0.2) is 33.7 Å². The number of morpholine rings is 1. The van der Waals surface area contributed by atoms with Gasteiger partial charge in [0, 0.05) is 38.6 Å². The highest BCUT2D eigenvalue weighted by Crippen LogP contribution is 2.29. The van der Waals surface area contributed by atoms with Crippen LogP contribution in [0, 0.1) is 19.8 Å². The number of nitrogens with zero attached hydrogens (tertiary/aromatic N) is 3. The molecule has 2 aliphatic rings. The summed E-state index contributed by atoms with van der Waals surface area (Å²) >= 11 is 0. The van der Waals surface area contributed by atoms with Gasteiger partial charge in [0.15, 0.2) is 10.7 Å². The van der Waals surface area contributed by atoms with E-state index in [1.54, 1.807) is 13.0 Å². The molecule has 196 valence electrons. The number of rotatable bonds is 9. The van der Waals surface area contributed by atoms with Crippen molar-refractivity contribution in [1.82, 2.24) is 19.7 Å². The zero-order valence-electron chi connectivity index (χ0n) is 21.1. The van der Waals surface area contributed by atoms with Crippen molar-refractivity contribution in [3.8, 4) is 0 Å². The van der Waals surface area contributed by atoms with Gasteiger partial charge < -0.3 is 14.6 Å². The lowest BCUT2D eigenvalue weighted by Crippen LogP contribution is -2.43. The van der Waals surface area contributed by atoms with Crippen LogP contribution in [0.4, 0.5) is 0 Å². The number of carbonyl (C=O) groups is 1. The van der Waals surface area contributed by atoms with Crippen LogP contribution in [0.3, 0.4) is 0 Å². The molecule has 2 aliphatic heterocycles. The van der Waals surface area contributed by atoms with Crippen LogP contribution in [0.25, 0.3) is 12.2 Å². The number of hydrogen-bond donors (Lipinski definition) is 1. The van der Waals surface area contributed by atoms with Crippen LogP contribution < -0.4 is 5.32 Å². The minimum absolute atomic E-state index is 0.0110. The summed E-state index contributed by atoms with van der Waals surface area (Å²) in [5.74, 6) is 0.0504. The van der Waals surface area contributed by atoms with Gasteiger partial charge in [-0.3, -0.25) is 9.69 Å². The first-order chi connectivity index (χ1) is 17.3. The van der Waals surface area contributed by atoms with E-state index in [0.717, 1.165) is 50.4 Å². The Balaban J connectivity index is 1.30. The second-order valence-electron chi connectivity index (χ2n) is 9.48. The zero-order chi connectivity index (χ0) is 25.5. The highest BCUT2D eigenvalue weighted by molar-refractivity contribution is 7.89. The molecule has 36 heavy (non-hydrogen) atoms. The van der Waals surface area contributed by atoms with E-state index in [0.29, 0.717) is 38.2 Å². The molecular formula is C26H36N4O5S. The third-order valence-corrected chi connectivity index (χ3v) is 8.87. The van der Waals surface area contributed by atoms with Crippen molar-refractivity contribution in [2.75, 3.05) is 52.5 Å². The van der Waals surface area contributed by atoms with Crippen molar-refractivity contribution < 1.29 is 22.5 Å². The largest absolute Gasteiger partial charge is 0.379 e. The lowest BCUT2D eigenvalue weighted by atomic mass is 9.97. The third kappa shape index (κ3) is 6.61. The van der Waals surface area contributed by atoms with E-state index in [2.05, 4.69) is 15.4 Å². The Bertz CT molecular complexity index is 1150. The van der Waals surface area contributed by atoms with Gasteiger partial charge in [0.05, 0.1) is 13.2 Å². The predicted molar refractivity (Wildman–Crippen MR) is 138 cm³/mol. The normalized spacial score (nSPS) is 18.6. The van der Waals surface area contributed by atoms with Gasteiger partial charge in [0.2, 0.25) is 15.9 Å². The summed E-state index contributed by atoms with van der Waals surface area (Å²) in [4.78, 5) is 15.1. The molecule has 3 heterocycles. The molecule has 0 spiro atoms. The average Bonchev–Trinajstić information content (AvgIpc) is 3.28. The maximum Gasteiger partial charge on any atom is 0.248 e. The van der Waals surface area contributed by atoms with E-state index in [1.807, 2.05) is 37.3 Å². The Kier molecular flexibility index (Phi) is 8.95. The highest BCUT2D eigenvalue weighted by atomic mass is 32.2. The fourth-order valence-electron chi connectivity index (χ4n) is 4.62. The van der Waals surface area contributed by atoms with Gasteiger partial charge >= 0.3 is 0 Å². The summed E-state index contributed by atoms with van der Waals surface area (Å²) in [7, 11) is -3.80. The van der Waals surface area contributed by atoms with Crippen molar-refractivity contribution >= 4 is 28.1 Å². The molecule has 1 aromatic carbocycles. The van der Waals surface area contributed by atoms with Gasteiger partial charge in [0.25, 0.3) is 0 Å². The molecule has 0 radical (unpaired) electrons.